The number of aryl methyl sites for hydroxylation is 1. The maximum atomic E-state index is 12.0. The number of anilines is 1. The van der Waals surface area contributed by atoms with E-state index in [2.05, 4.69) is 29.4 Å². The van der Waals surface area contributed by atoms with E-state index in [1.807, 2.05) is 19.1 Å². The number of ether oxygens (including phenoxy) is 2. The Morgan fingerprint density at radius 2 is 2.00 bits per heavy atom. The summed E-state index contributed by atoms with van der Waals surface area (Å²) in [6.45, 7) is 6.10. The van der Waals surface area contributed by atoms with Gasteiger partial charge in [-0.25, -0.2) is 0 Å². The van der Waals surface area contributed by atoms with Gasteiger partial charge in [0.25, 0.3) is 5.91 Å². The Labute approximate surface area is 146 Å². The fraction of sp³-hybridized carbons (Fsp3) is 0.471. The van der Waals surface area contributed by atoms with Crippen LogP contribution in [0.3, 0.4) is 0 Å². The highest BCUT2D eigenvalue weighted by molar-refractivity contribution is 7.15. The van der Waals surface area contributed by atoms with Crippen LogP contribution in [0, 0.1) is 6.92 Å². The van der Waals surface area contributed by atoms with E-state index < -0.39 is 0 Å². The van der Waals surface area contributed by atoms with Crippen LogP contribution in [0.4, 0.5) is 5.13 Å². The van der Waals surface area contributed by atoms with Crippen molar-refractivity contribution in [2.45, 2.75) is 39.5 Å². The molecule has 0 saturated heterocycles. The summed E-state index contributed by atoms with van der Waals surface area (Å²) < 4.78 is 10.8. The van der Waals surface area contributed by atoms with Crippen molar-refractivity contribution in [3.8, 4) is 11.5 Å². The first-order valence-corrected chi connectivity index (χ1v) is 8.79. The lowest BCUT2D eigenvalue weighted by atomic mass is 10.1. The van der Waals surface area contributed by atoms with Crippen LogP contribution < -0.4 is 14.8 Å². The van der Waals surface area contributed by atoms with Crippen molar-refractivity contribution in [2.75, 3.05) is 19.0 Å². The van der Waals surface area contributed by atoms with Crippen LogP contribution in [0.1, 0.15) is 43.2 Å². The molecule has 130 valence electrons. The molecule has 1 N–H and O–H groups in total. The first-order valence-electron chi connectivity index (χ1n) is 7.98. The van der Waals surface area contributed by atoms with Gasteiger partial charge >= 0.3 is 0 Å². The minimum atomic E-state index is -0.273. The van der Waals surface area contributed by atoms with E-state index >= 15 is 0 Å². The quantitative estimate of drug-likeness (QED) is 0.785. The Morgan fingerprint density at radius 3 is 2.67 bits per heavy atom. The number of hydrogen-bond donors (Lipinski definition) is 1. The van der Waals surface area contributed by atoms with Gasteiger partial charge < -0.3 is 9.47 Å². The van der Waals surface area contributed by atoms with Crippen LogP contribution in [0.5, 0.6) is 11.5 Å². The lowest BCUT2D eigenvalue weighted by Crippen LogP contribution is -2.20. The summed E-state index contributed by atoms with van der Waals surface area (Å²) in [7, 11) is 1.57. The average molecular weight is 349 g/mol. The number of rotatable bonds is 8. The van der Waals surface area contributed by atoms with E-state index in [0.29, 0.717) is 22.5 Å². The molecule has 1 aromatic carbocycles. The number of amides is 1. The maximum Gasteiger partial charge on any atom is 0.264 e. The molecule has 2 aromatic rings. The predicted octanol–water partition coefficient (Wildman–Crippen LogP) is 3.78. The molecule has 0 spiro atoms. The van der Waals surface area contributed by atoms with Crippen LogP contribution >= 0.6 is 11.3 Å². The first-order chi connectivity index (χ1) is 11.6. The van der Waals surface area contributed by atoms with Crippen molar-refractivity contribution >= 4 is 22.4 Å². The minimum absolute atomic E-state index is 0.112. The highest BCUT2D eigenvalue weighted by atomic mass is 32.1. The minimum Gasteiger partial charge on any atom is -0.493 e. The molecule has 0 aliphatic rings. The highest BCUT2D eigenvalue weighted by Crippen LogP contribution is 2.29. The molecular weight excluding hydrogens is 326 g/mol. The number of hydrogen-bond acceptors (Lipinski definition) is 6. The predicted molar refractivity (Wildman–Crippen MR) is 95.1 cm³/mol. The van der Waals surface area contributed by atoms with Crippen molar-refractivity contribution in [3.05, 3.63) is 28.8 Å². The van der Waals surface area contributed by atoms with Gasteiger partial charge in [0.2, 0.25) is 5.13 Å². The number of carbonyl (C=O) groups is 1. The normalized spacial score (nSPS) is 10.7. The molecule has 0 atom stereocenters. The summed E-state index contributed by atoms with van der Waals surface area (Å²) in [6, 6.07) is 5.56. The number of aromatic nitrogens is 2. The molecule has 0 fully saturated rings. The Morgan fingerprint density at radius 1 is 1.25 bits per heavy atom. The second kappa shape index (κ2) is 8.63. The lowest BCUT2D eigenvalue weighted by Gasteiger charge is -2.10. The van der Waals surface area contributed by atoms with E-state index in [1.165, 1.54) is 11.3 Å². The monoisotopic (exact) mass is 349 g/mol. The topological polar surface area (TPSA) is 73.3 Å². The van der Waals surface area contributed by atoms with Crippen molar-refractivity contribution in [3.63, 3.8) is 0 Å². The van der Waals surface area contributed by atoms with Gasteiger partial charge in [0, 0.05) is 5.92 Å². The maximum absolute atomic E-state index is 12.0. The Kier molecular flexibility index (Phi) is 6.54. The molecule has 1 heterocycles. The fourth-order valence-electron chi connectivity index (χ4n) is 2.28. The smallest absolute Gasteiger partial charge is 0.264 e. The summed E-state index contributed by atoms with van der Waals surface area (Å²) >= 11 is 1.42. The van der Waals surface area contributed by atoms with Gasteiger partial charge in [0.15, 0.2) is 18.1 Å². The van der Waals surface area contributed by atoms with Crippen molar-refractivity contribution < 1.29 is 14.3 Å². The Bertz CT molecular complexity index is 683. The standard InChI is InChI=1S/C17H23N3O3S/c1-5-12(6-2)16-19-20-17(24-16)18-15(21)10-23-13-8-7-11(3)9-14(13)22-4/h7-9,12H,5-6,10H2,1-4H3,(H,18,20,21). The zero-order chi connectivity index (χ0) is 17.5. The Hall–Kier alpha value is -2.15. The van der Waals surface area contributed by atoms with E-state index in [-0.39, 0.29) is 12.5 Å². The first kappa shape index (κ1) is 18.2. The third kappa shape index (κ3) is 4.67. The van der Waals surface area contributed by atoms with Crippen LogP contribution in [0.25, 0.3) is 0 Å². The lowest BCUT2D eigenvalue weighted by molar-refractivity contribution is -0.118. The van der Waals surface area contributed by atoms with Crippen LogP contribution in [0.15, 0.2) is 18.2 Å². The average Bonchev–Trinajstić information content (AvgIpc) is 3.03. The molecule has 0 bridgehead atoms. The number of methoxy groups -OCH3 is 1. The molecule has 6 nitrogen and oxygen atoms in total. The number of carbonyl (C=O) groups excluding carboxylic acids is 1. The molecule has 0 radical (unpaired) electrons. The van der Waals surface area contributed by atoms with Gasteiger partial charge in [-0.2, -0.15) is 0 Å². The van der Waals surface area contributed by atoms with Crippen molar-refractivity contribution in [2.24, 2.45) is 0 Å². The number of nitrogens with one attached hydrogen (secondary N) is 1. The van der Waals surface area contributed by atoms with Crippen molar-refractivity contribution in [1.29, 1.82) is 0 Å². The van der Waals surface area contributed by atoms with E-state index in [1.54, 1.807) is 13.2 Å². The van der Waals surface area contributed by atoms with Gasteiger partial charge in [-0.05, 0) is 37.5 Å². The largest absolute Gasteiger partial charge is 0.493 e. The summed E-state index contributed by atoms with van der Waals surface area (Å²) in [5.74, 6) is 1.26. The van der Waals surface area contributed by atoms with E-state index in [4.69, 9.17) is 9.47 Å². The SMILES string of the molecule is CCC(CC)c1nnc(NC(=O)COc2ccc(C)cc2OC)s1. The molecule has 0 aliphatic heterocycles. The summed E-state index contributed by atoms with van der Waals surface area (Å²) in [4.78, 5) is 12.0. The van der Waals surface area contributed by atoms with Crippen molar-refractivity contribution in [1.82, 2.24) is 10.2 Å². The zero-order valence-corrected chi connectivity index (χ0v) is 15.3. The molecule has 0 unspecified atom stereocenters. The third-order valence-corrected chi connectivity index (χ3v) is 4.70. The van der Waals surface area contributed by atoms with E-state index in [9.17, 15) is 4.79 Å². The van der Waals surface area contributed by atoms with Gasteiger partial charge in [-0.15, -0.1) is 10.2 Å². The van der Waals surface area contributed by atoms with Gasteiger partial charge in [-0.3, -0.25) is 10.1 Å². The molecule has 2 rings (SSSR count). The second-order valence-electron chi connectivity index (χ2n) is 5.45. The summed E-state index contributed by atoms with van der Waals surface area (Å²) in [5, 5.41) is 12.4. The van der Waals surface area contributed by atoms with Gasteiger partial charge in [-0.1, -0.05) is 31.3 Å². The fourth-order valence-corrected chi connectivity index (χ4v) is 3.31. The molecule has 24 heavy (non-hydrogen) atoms. The molecule has 7 heteroatoms. The van der Waals surface area contributed by atoms with Gasteiger partial charge in [0.05, 0.1) is 7.11 Å². The highest BCUT2D eigenvalue weighted by Gasteiger charge is 2.15. The number of benzene rings is 1. The summed E-state index contributed by atoms with van der Waals surface area (Å²) in [5.41, 5.74) is 1.06. The molecule has 0 aliphatic carbocycles. The van der Waals surface area contributed by atoms with Crippen LogP contribution in [0.2, 0.25) is 0 Å². The number of nitrogens with zero attached hydrogens (tertiary/aromatic N) is 2. The molecule has 1 amide bonds. The molecule has 0 saturated carbocycles. The van der Waals surface area contributed by atoms with E-state index in [0.717, 1.165) is 23.4 Å². The Balaban J connectivity index is 1.92. The molecule has 1 aromatic heterocycles. The third-order valence-electron chi connectivity index (χ3n) is 3.70. The van der Waals surface area contributed by atoms with Gasteiger partial charge in [0.1, 0.15) is 5.01 Å². The zero-order valence-electron chi connectivity index (χ0n) is 14.5. The summed E-state index contributed by atoms with van der Waals surface area (Å²) in [6.07, 6.45) is 2.02. The van der Waals surface area contributed by atoms with Crippen LogP contribution in [-0.2, 0) is 4.79 Å². The molecular formula is C17H23N3O3S. The second-order valence-corrected chi connectivity index (χ2v) is 6.46. The van der Waals surface area contributed by atoms with Crippen LogP contribution in [-0.4, -0.2) is 29.8 Å².